The second kappa shape index (κ2) is 6.32. The molecule has 3 fully saturated rings. The van der Waals surface area contributed by atoms with Crippen LogP contribution in [0.4, 0.5) is 0 Å². The van der Waals surface area contributed by atoms with Gasteiger partial charge in [0.2, 0.25) is 0 Å². The van der Waals surface area contributed by atoms with Gasteiger partial charge in [0.15, 0.2) is 0 Å². The summed E-state index contributed by atoms with van der Waals surface area (Å²) in [4.78, 5) is 11.6. The number of fused-ring (bicyclic) bond motifs is 5. The van der Waals surface area contributed by atoms with Crippen molar-refractivity contribution in [1.82, 2.24) is 0 Å². The molecule has 28 heavy (non-hydrogen) atoms. The molecule has 154 valence electrons. The Labute approximate surface area is 167 Å². The normalized spacial score (nSPS) is 52.5. The van der Waals surface area contributed by atoms with Crippen LogP contribution in [0.25, 0.3) is 0 Å². The highest BCUT2D eigenvalue weighted by molar-refractivity contribution is 5.66. The third-order valence-corrected chi connectivity index (χ3v) is 8.85. The van der Waals surface area contributed by atoms with Crippen LogP contribution in [0.5, 0.6) is 0 Å². The first-order valence-corrected chi connectivity index (χ1v) is 10.5. The first-order valence-electron chi connectivity index (χ1n) is 10.5. The topological polar surface area (TPSA) is 87.0 Å². The lowest BCUT2D eigenvalue weighted by Crippen LogP contribution is -2.59. The fourth-order valence-corrected chi connectivity index (χ4v) is 7.25. The molecule has 0 saturated heterocycles. The molecule has 0 aromatic rings. The Morgan fingerprint density at radius 3 is 2.50 bits per heavy atom. The van der Waals surface area contributed by atoms with Gasteiger partial charge in [-0.05, 0) is 67.3 Å². The van der Waals surface area contributed by atoms with Crippen molar-refractivity contribution in [3.8, 4) is 12.3 Å². The summed E-state index contributed by atoms with van der Waals surface area (Å²) in [5.74, 6) is 2.62. The molecule has 3 saturated carbocycles. The van der Waals surface area contributed by atoms with Crippen LogP contribution in [0.2, 0.25) is 0 Å². The predicted octanol–water partition coefficient (Wildman–Crippen LogP) is 2.19. The molecule has 4 aliphatic rings. The molecule has 0 aliphatic heterocycles. The van der Waals surface area contributed by atoms with Gasteiger partial charge in [-0.15, -0.1) is 6.42 Å². The Morgan fingerprint density at radius 2 is 1.86 bits per heavy atom. The largest absolute Gasteiger partial charge is 0.455 e. The Balaban J connectivity index is 1.75. The molecule has 0 heterocycles. The number of terminal acetylenes is 1. The smallest absolute Gasteiger partial charge is 0.303 e. The van der Waals surface area contributed by atoms with Gasteiger partial charge < -0.3 is 20.1 Å². The lowest BCUT2D eigenvalue weighted by Gasteiger charge is -2.60. The van der Waals surface area contributed by atoms with E-state index in [1.807, 2.05) is 6.08 Å². The molecule has 5 nitrogen and oxygen atoms in total. The van der Waals surface area contributed by atoms with Crippen molar-refractivity contribution >= 4 is 5.97 Å². The number of rotatable bonds is 1. The van der Waals surface area contributed by atoms with E-state index in [4.69, 9.17) is 11.2 Å². The van der Waals surface area contributed by atoms with E-state index in [2.05, 4.69) is 19.8 Å². The second-order valence-electron chi connectivity index (χ2n) is 9.96. The fourth-order valence-electron chi connectivity index (χ4n) is 7.25. The number of carbonyl (C=O) groups excluding carboxylic acids is 1. The highest BCUT2D eigenvalue weighted by Crippen LogP contribution is 2.67. The summed E-state index contributed by atoms with van der Waals surface area (Å²) < 4.78 is 5.49. The molecule has 0 amide bonds. The van der Waals surface area contributed by atoms with E-state index in [9.17, 15) is 20.1 Å². The maximum absolute atomic E-state index is 11.6. The third-order valence-electron chi connectivity index (χ3n) is 8.85. The van der Waals surface area contributed by atoms with Crippen molar-refractivity contribution in [2.75, 3.05) is 0 Å². The van der Waals surface area contributed by atoms with Gasteiger partial charge in [0.1, 0.15) is 11.7 Å². The van der Waals surface area contributed by atoms with E-state index in [0.29, 0.717) is 12.8 Å². The monoisotopic (exact) mass is 388 g/mol. The zero-order chi connectivity index (χ0) is 20.5. The Kier molecular flexibility index (Phi) is 4.50. The molecular weight excluding hydrogens is 356 g/mol. The van der Waals surface area contributed by atoms with Crippen molar-refractivity contribution in [2.45, 2.75) is 83.2 Å². The van der Waals surface area contributed by atoms with E-state index in [-0.39, 0.29) is 23.2 Å². The van der Waals surface area contributed by atoms with Gasteiger partial charge in [-0.3, -0.25) is 4.79 Å². The van der Waals surface area contributed by atoms with Crippen LogP contribution in [0.3, 0.4) is 0 Å². The van der Waals surface area contributed by atoms with Crippen molar-refractivity contribution < 1.29 is 24.9 Å². The van der Waals surface area contributed by atoms with Gasteiger partial charge in [0, 0.05) is 12.3 Å². The summed E-state index contributed by atoms with van der Waals surface area (Å²) in [5, 5.41) is 32.7. The molecule has 0 spiro atoms. The number of aliphatic hydroxyl groups excluding tert-OH is 2. The molecule has 0 aromatic heterocycles. The summed E-state index contributed by atoms with van der Waals surface area (Å²) in [6, 6.07) is 0. The van der Waals surface area contributed by atoms with Crippen LogP contribution in [-0.2, 0) is 9.53 Å². The van der Waals surface area contributed by atoms with Crippen molar-refractivity contribution in [3.05, 3.63) is 11.6 Å². The van der Waals surface area contributed by atoms with E-state index in [1.165, 1.54) is 6.92 Å². The van der Waals surface area contributed by atoms with Crippen LogP contribution in [0.15, 0.2) is 11.6 Å². The number of hydrogen-bond donors (Lipinski definition) is 3. The van der Waals surface area contributed by atoms with Crippen LogP contribution >= 0.6 is 0 Å². The van der Waals surface area contributed by atoms with Gasteiger partial charge in [-0.2, -0.15) is 0 Å². The molecule has 0 bridgehead atoms. The van der Waals surface area contributed by atoms with Gasteiger partial charge in [0.25, 0.3) is 0 Å². The van der Waals surface area contributed by atoms with E-state index < -0.39 is 35.3 Å². The molecule has 0 aromatic carbocycles. The van der Waals surface area contributed by atoms with Gasteiger partial charge in [0.05, 0.1) is 12.2 Å². The van der Waals surface area contributed by atoms with Crippen LogP contribution in [0, 0.1) is 40.9 Å². The lowest BCUT2D eigenvalue weighted by atomic mass is 9.46. The number of aliphatic hydroxyl groups is 3. The first-order chi connectivity index (χ1) is 13.1. The molecular formula is C23H32O5. The molecule has 9 atom stereocenters. The zero-order valence-corrected chi connectivity index (χ0v) is 17.0. The zero-order valence-electron chi connectivity index (χ0n) is 17.0. The number of hydrogen-bond acceptors (Lipinski definition) is 5. The average Bonchev–Trinajstić information content (AvgIpc) is 2.91. The summed E-state index contributed by atoms with van der Waals surface area (Å²) in [6.07, 6.45) is 9.86. The van der Waals surface area contributed by atoms with E-state index in [1.54, 1.807) is 0 Å². The van der Waals surface area contributed by atoms with E-state index >= 15 is 0 Å². The fraction of sp³-hybridized carbons (Fsp3) is 0.783. The van der Waals surface area contributed by atoms with Crippen LogP contribution < -0.4 is 0 Å². The maximum Gasteiger partial charge on any atom is 0.303 e. The molecule has 0 unspecified atom stereocenters. The first kappa shape index (κ1) is 19.9. The molecule has 4 aliphatic carbocycles. The van der Waals surface area contributed by atoms with Crippen molar-refractivity contribution in [1.29, 1.82) is 0 Å². The highest BCUT2D eigenvalue weighted by atomic mass is 16.6. The molecule has 5 heteroatoms. The third kappa shape index (κ3) is 2.47. The number of esters is 1. The summed E-state index contributed by atoms with van der Waals surface area (Å²) in [6.45, 7) is 5.63. The van der Waals surface area contributed by atoms with Crippen LogP contribution in [-0.4, -0.2) is 45.2 Å². The minimum atomic E-state index is -1.11. The summed E-state index contributed by atoms with van der Waals surface area (Å²) >= 11 is 0. The van der Waals surface area contributed by atoms with Crippen molar-refractivity contribution in [2.24, 2.45) is 28.6 Å². The summed E-state index contributed by atoms with van der Waals surface area (Å²) in [5.41, 5.74) is -0.878. The van der Waals surface area contributed by atoms with Gasteiger partial charge in [-0.1, -0.05) is 25.8 Å². The average molecular weight is 389 g/mol. The number of carbonyl (C=O) groups is 1. The Bertz CT molecular complexity index is 753. The molecule has 3 N–H and O–H groups in total. The van der Waals surface area contributed by atoms with Crippen molar-refractivity contribution in [3.63, 3.8) is 0 Å². The van der Waals surface area contributed by atoms with Gasteiger partial charge in [-0.25, -0.2) is 0 Å². The quantitative estimate of drug-likeness (QED) is 0.364. The summed E-state index contributed by atoms with van der Waals surface area (Å²) in [7, 11) is 0. The van der Waals surface area contributed by atoms with Crippen LogP contribution in [0.1, 0.15) is 59.3 Å². The molecule has 4 rings (SSSR count). The Morgan fingerprint density at radius 1 is 1.18 bits per heavy atom. The Hall–Kier alpha value is -1.35. The minimum Gasteiger partial charge on any atom is -0.455 e. The molecule has 0 radical (unpaired) electrons. The van der Waals surface area contributed by atoms with Gasteiger partial charge >= 0.3 is 5.97 Å². The standard InChI is InChI=1S/C23H32O5/c1-5-23(27)11-7-15-19-14(6-10-22(15,23)4)21(3)9-8-17(25)20(28-13(2)24)16(21)12-18(19)26/h1,12,14-15,17-20,25-27H,6-11H2,2-4H3/t14-,15-,17-,18-,19+,20-,21+,22-,23-/m0/s1. The SMILES string of the molecule is C#C[C@]1(O)CC[C@H]2[C@@H]3[C@@H](O)C=C4[C@H](OC(C)=O)[C@@H](O)CC[C@]4(C)[C@H]3CC[C@@]21C. The maximum atomic E-state index is 11.6. The lowest BCUT2D eigenvalue weighted by molar-refractivity contribution is -0.160. The minimum absolute atomic E-state index is 0.0168. The highest BCUT2D eigenvalue weighted by Gasteiger charge is 2.65. The number of ether oxygens (including phenoxy) is 1. The second-order valence-corrected chi connectivity index (χ2v) is 9.96. The predicted molar refractivity (Wildman–Crippen MR) is 104 cm³/mol. The van der Waals surface area contributed by atoms with E-state index in [0.717, 1.165) is 31.3 Å².